The van der Waals surface area contributed by atoms with Crippen LogP contribution in [-0.4, -0.2) is 25.0 Å². The van der Waals surface area contributed by atoms with Crippen LogP contribution in [0.1, 0.15) is 55.5 Å². The third-order valence-corrected chi connectivity index (χ3v) is 4.10. The number of carbonyl (C=O) groups is 2. The van der Waals surface area contributed by atoms with Gasteiger partial charge in [-0.05, 0) is 36.1 Å². The van der Waals surface area contributed by atoms with E-state index in [1.165, 1.54) is 0 Å². The number of unbranched alkanes of at least 4 members (excludes halogenated alkanes) is 1. The van der Waals surface area contributed by atoms with Gasteiger partial charge < -0.3 is 9.47 Å². The number of hydrazine groups is 1. The maximum atomic E-state index is 12.4. The van der Waals surface area contributed by atoms with Gasteiger partial charge in [0.15, 0.2) is 6.61 Å². The molecule has 2 aromatic carbocycles. The fourth-order valence-corrected chi connectivity index (χ4v) is 2.57. The monoisotopic (exact) mass is 384 g/mol. The van der Waals surface area contributed by atoms with Crippen LogP contribution in [0.3, 0.4) is 0 Å². The Morgan fingerprint density at radius 2 is 1.61 bits per heavy atom. The molecule has 0 aliphatic heterocycles. The van der Waals surface area contributed by atoms with Crippen molar-refractivity contribution in [2.45, 2.75) is 39.5 Å². The quantitative estimate of drug-likeness (QED) is 0.509. The van der Waals surface area contributed by atoms with Gasteiger partial charge in [0, 0.05) is 0 Å². The predicted molar refractivity (Wildman–Crippen MR) is 108 cm³/mol. The minimum absolute atomic E-state index is 0.196. The van der Waals surface area contributed by atoms with Crippen molar-refractivity contribution in [3.8, 4) is 11.5 Å². The highest BCUT2D eigenvalue weighted by Gasteiger charge is 2.14. The van der Waals surface area contributed by atoms with E-state index in [1.807, 2.05) is 24.3 Å². The van der Waals surface area contributed by atoms with Crippen molar-refractivity contribution < 1.29 is 19.1 Å². The lowest BCUT2D eigenvalue weighted by molar-refractivity contribution is -0.123. The molecular formula is C22H28N2O4. The molecule has 0 fully saturated rings. The molecule has 0 saturated carbocycles. The maximum absolute atomic E-state index is 12.4. The number of hydrogen-bond acceptors (Lipinski definition) is 4. The zero-order valence-corrected chi connectivity index (χ0v) is 16.7. The minimum Gasteiger partial charge on any atom is -0.493 e. The van der Waals surface area contributed by atoms with E-state index >= 15 is 0 Å². The Balaban J connectivity index is 1.87. The number of carbonyl (C=O) groups excluding carboxylic acids is 2. The van der Waals surface area contributed by atoms with Gasteiger partial charge in [-0.25, -0.2) is 0 Å². The van der Waals surface area contributed by atoms with Crippen LogP contribution in [0.5, 0.6) is 11.5 Å². The Bertz CT molecular complexity index is 790. The van der Waals surface area contributed by atoms with E-state index in [-0.39, 0.29) is 12.5 Å². The van der Waals surface area contributed by atoms with Gasteiger partial charge in [-0.15, -0.1) is 0 Å². The molecule has 0 saturated heterocycles. The molecule has 0 bridgehead atoms. The highest BCUT2D eigenvalue weighted by Crippen LogP contribution is 2.25. The van der Waals surface area contributed by atoms with Crippen LogP contribution >= 0.6 is 0 Å². The molecule has 150 valence electrons. The van der Waals surface area contributed by atoms with Crippen LogP contribution in [0.25, 0.3) is 0 Å². The van der Waals surface area contributed by atoms with Gasteiger partial charge in [-0.1, -0.05) is 57.5 Å². The topological polar surface area (TPSA) is 76.7 Å². The van der Waals surface area contributed by atoms with Crippen molar-refractivity contribution in [1.82, 2.24) is 10.9 Å². The number of para-hydroxylation sites is 2. The summed E-state index contributed by atoms with van der Waals surface area (Å²) < 4.78 is 11.2. The fraction of sp³-hybridized carbons (Fsp3) is 0.364. The SMILES string of the molecule is CCCCOc1ccccc1C(=O)NNC(=O)COc1ccccc1C(C)C. The van der Waals surface area contributed by atoms with Gasteiger partial charge in [0.05, 0.1) is 12.2 Å². The van der Waals surface area contributed by atoms with E-state index in [0.717, 1.165) is 18.4 Å². The summed E-state index contributed by atoms with van der Waals surface area (Å²) in [6.45, 7) is 6.53. The Labute approximate surface area is 166 Å². The Kier molecular flexibility index (Phi) is 8.34. The first-order valence-corrected chi connectivity index (χ1v) is 9.55. The largest absolute Gasteiger partial charge is 0.493 e. The van der Waals surface area contributed by atoms with Crippen LogP contribution in [0, 0.1) is 0 Å². The molecular weight excluding hydrogens is 356 g/mol. The third kappa shape index (κ3) is 6.30. The lowest BCUT2D eigenvalue weighted by atomic mass is 10.0. The first-order valence-electron chi connectivity index (χ1n) is 9.55. The summed E-state index contributed by atoms with van der Waals surface area (Å²) >= 11 is 0. The highest BCUT2D eigenvalue weighted by atomic mass is 16.5. The molecule has 6 nitrogen and oxygen atoms in total. The van der Waals surface area contributed by atoms with Crippen LogP contribution in [-0.2, 0) is 4.79 Å². The van der Waals surface area contributed by atoms with Gasteiger partial charge >= 0.3 is 0 Å². The fourth-order valence-electron chi connectivity index (χ4n) is 2.57. The Hall–Kier alpha value is -3.02. The summed E-state index contributed by atoms with van der Waals surface area (Å²) in [5.74, 6) is 0.543. The molecule has 2 amide bonds. The second kappa shape index (κ2) is 11.0. The molecule has 0 heterocycles. The van der Waals surface area contributed by atoms with E-state index in [4.69, 9.17) is 9.47 Å². The standard InChI is InChI=1S/C22H28N2O4/c1-4-5-14-27-20-13-9-7-11-18(20)22(26)24-23-21(25)15-28-19-12-8-6-10-17(19)16(2)3/h6-13,16H,4-5,14-15H2,1-3H3,(H,23,25)(H,24,26). The number of rotatable bonds is 9. The number of hydrogen-bond donors (Lipinski definition) is 2. The van der Waals surface area contributed by atoms with Gasteiger partial charge in [-0.2, -0.15) is 0 Å². The Morgan fingerprint density at radius 3 is 2.32 bits per heavy atom. The lowest BCUT2D eigenvalue weighted by Crippen LogP contribution is -2.44. The molecule has 0 spiro atoms. The molecule has 0 atom stereocenters. The van der Waals surface area contributed by atoms with Crippen LogP contribution in [0.4, 0.5) is 0 Å². The summed E-state index contributed by atoms with van der Waals surface area (Å²) in [6.07, 6.45) is 1.91. The van der Waals surface area contributed by atoms with Crippen molar-refractivity contribution in [2.75, 3.05) is 13.2 Å². The summed E-state index contributed by atoms with van der Waals surface area (Å²) in [4.78, 5) is 24.4. The normalized spacial score (nSPS) is 10.4. The van der Waals surface area contributed by atoms with Gasteiger partial charge in [0.25, 0.3) is 11.8 Å². The van der Waals surface area contributed by atoms with Crippen LogP contribution in [0.15, 0.2) is 48.5 Å². The van der Waals surface area contributed by atoms with E-state index in [1.54, 1.807) is 24.3 Å². The van der Waals surface area contributed by atoms with Crippen molar-refractivity contribution in [1.29, 1.82) is 0 Å². The maximum Gasteiger partial charge on any atom is 0.276 e. The van der Waals surface area contributed by atoms with Gasteiger partial charge in [-0.3, -0.25) is 20.4 Å². The van der Waals surface area contributed by atoms with Gasteiger partial charge in [0.2, 0.25) is 0 Å². The van der Waals surface area contributed by atoms with Crippen LogP contribution < -0.4 is 20.3 Å². The van der Waals surface area contributed by atoms with E-state index < -0.39 is 11.8 Å². The predicted octanol–water partition coefficient (Wildman–Crippen LogP) is 3.83. The molecule has 6 heteroatoms. The smallest absolute Gasteiger partial charge is 0.276 e. The summed E-state index contributed by atoms with van der Waals surface area (Å²) in [5, 5.41) is 0. The molecule has 28 heavy (non-hydrogen) atoms. The molecule has 0 aromatic heterocycles. The molecule has 0 unspecified atom stereocenters. The Morgan fingerprint density at radius 1 is 0.929 bits per heavy atom. The molecule has 2 rings (SSSR count). The van der Waals surface area contributed by atoms with E-state index in [9.17, 15) is 9.59 Å². The second-order valence-electron chi connectivity index (χ2n) is 6.68. The summed E-state index contributed by atoms with van der Waals surface area (Å²) in [7, 11) is 0. The molecule has 0 aliphatic rings. The van der Waals surface area contributed by atoms with Crippen LogP contribution in [0.2, 0.25) is 0 Å². The second-order valence-corrected chi connectivity index (χ2v) is 6.68. The van der Waals surface area contributed by atoms with Crippen molar-refractivity contribution >= 4 is 11.8 Å². The highest BCUT2D eigenvalue weighted by molar-refractivity contribution is 5.97. The van der Waals surface area contributed by atoms with Crippen molar-refractivity contribution in [3.63, 3.8) is 0 Å². The first-order chi connectivity index (χ1) is 13.5. The molecule has 2 N–H and O–H groups in total. The summed E-state index contributed by atoms with van der Waals surface area (Å²) in [5.41, 5.74) is 6.17. The average molecular weight is 384 g/mol. The minimum atomic E-state index is -0.448. The number of amides is 2. The van der Waals surface area contributed by atoms with Gasteiger partial charge in [0.1, 0.15) is 11.5 Å². The van der Waals surface area contributed by atoms with E-state index in [2.05, 4.69) is 31.6 Å². The lowest BCUT2D eigenvalue weighted by Gasteiger charge is -2.14. The average Bonchev–Trinajstić information content (AvgIpc) is 2.71. The van der Waals surface area contributed by atoms with E-state index in [0.29, 0.717) is 23.7 Å². The molecule has 0 radical (unpaired) electrons. The number of ether oxygens (including phenoxy) is 2. The number of benzene rings is 2. The number of nitrogens with one attached hydrogen (secondary N) is 2. The molecule has 2 aromatic rings. The van der Waals surface area contributed by atoms with Crippen molar-refractivity contribution in [3.05, 3.63) is 59.7 Å². The van der Waals surface area contributed by atoms with Crippen molar-refractivity contribution in [2.24, 2.45) is 0 Å². The molecule has 0 aliphatic carbocycles. The summed E-state index contributed by atoms with van der Waals surface area (Å²) in [6, 6.07) is 14.5. The zero-order valence-electron chi connectivity index (χ0n) is 16.7. The third-order valence-electron chi connectivity index (χ3n) is 4.10. The first kappa shape index (κ1) is 21.3. The zero-order chi connectivity index (χ0) is 20.4.